The number of hydrogen-bond acceptors (Lipinski definition) is 2. The van der Waals surface area contributed by atoms with Crippen molar-refractivity contribution in [2.24, 2.45) is 4.99 Å². The summed E-state index contributed by atoms with van der Waals surface area (Å²) in [5.41, 5.74) is 0.437. The van der Waals surface area contributed by atoms with Gasteiger partial charge in [0.25, 0.3) is 0 Å². The van der Waals surface area contributed by atoms with Gasteiger partial charge in [0.2, 0.25) is 0 Å². The molecule has 1 aromatic rings. The van der Waals surface area contributed by atoms with Gasteiger partial charge < -0.3 is 5.11 Å². The van der Waals surface area contributed by atoms with E-state index in [2.05, 4.69) is 11.9 Å². The number of unbranched alkanes of at least 4 members (excludes halogenated alkanes) is 2. The summed E-state index contributed by atoms with van der Waals surface area (Å²) in [7, 11) is 0. The Morgan fingerprint density at radius 3 is 2.93 bits per heavy atom. The van der Waals surface area contributed by atoms with Crippen LogP contribution in [-0.4, -0.2) is 17.9 Å². The van der Waals surface area contributed by atoms with Crippen molar-refractivity contribution in [3.63, 3.8) is 0 Å². The van der Waals surface area contributed by atoms with Crippen LogP contribution in [0.3, 0.4) is 0 Å². The predicted molar refractivity (Wildman–Crippen MR) is 60.1 cm³/mol. The summed E-state index contributed by atoms with van der Waals surface area (Å²) in [6.07, 6.45) is 4.85. The van der Waals surface area contributed by atoms with Gasteiger partial charge in [-0.1, -0.05) is 19.8 Å². The molecule has 15 heavy (non-hydrogen) atoms. The number of hydrogen-bond donors (Lipinski definition) is 1. The highest BCUT2D eigenvalue weighted by molar-refractivity contribution is 5.83. The second-order valence-corrected chi connectivity index (χ2v) is 3.45. The highest BCUT2D eigenvalue weighted by Gasteiger charge is 1.98. The van der Waals surface area contributed by atoms with Crippen molar-refractivity contribution in [1.82, 2.24) is 0 Å². The van der Waals surface area contributed by atoms with Gasteiger partial charge >= 0.3 is 0 Å². The average molecular weight is 209 g/mol. The van der Waals surface area contributed by atoms with E-state index in [-0.39, 0.29) is 11.6 Å². The van der Waals surface area contributed by atoms with Crippen molar-refractivity contribution >= 4 is 6.21 Å². The number of nitrogens with zero attached hydrogens (tertiary/aromatic N) is 1. The first-order chi connectivity index (χ1) is 7.24. The summed E-state index contributed by atoms with van der Waals surface area (Å²) >= 11 is 0. The van der Waals surface area contributed by atoms with Crippen molar-refractivity contribution in [3.8, 4) is 5.75 Å². The lowest BCUT2D eigenvalue weighted by molar-refractivity contribution is 0.472. The van der Waals surface area contributed by atoms with E-state index in [0.717, 1.165) is 25.8 Å². The number of benzene rings is 1. The van der Waals surface area contributed by atoms with E-state index in [1.54, 1.807) is 0 Å². The summed E-state index contributed by atoms with van der Waals surface area (Å²) < 4.78 is 12.8. The third-order valence-corrected chi connectivity index (χ3v) is 2.11. The Hall–Kier alpha value is -1.38. The van der Waals surface area contributed by atoms with Crippen molar-refractivity contribution in [2.45, 2.75) is 26.2 Å². The Balaban J connectivity index is 2.52. The molecule has 0 aromatic heterocycles. The van der Waals surface area contributed by atoms with Crippen LogP contribution in [0.25, 0.3) is 0 Å². The molecule has 0 aliphatic carbocycles. The molecule has 0 fully saturated rings. The zero-order valence-electron chi connectivity index (χ0n) is 8.91. The van der Waals surface area contributed by atoms with Crippen molar-refractivity contribution in [2.75, 3.05) is 6.54 Å². The summed E-state index contributed by atoms with van der Waals surface area (Å²) in [6, 6.07) is 3.84. The lowest BCUT2D eigenvalue weighted by Crippen LogP contribution is -1.87. The molecule has 1 N–H and O–H groups in total. The monoisotopic (exact) mass is 209 g/mol. The topological polar surface area (TPSA) is 32.6 Å². The van der Waals surface area contributed by atoms with Crippen molar-refractivity contribution in [3.05, 3.63) is 29.6 Å². The number of aliphatic imine (C=N–C) groups is 1. The summed E-state index contributed by atoms with van der Waals surface area (Å²) in [5.74, 6) is -0.293. The van der Waals surface area contributed by atoms with E-state index in [0.29, 0.717) is 5.56 Å². The predicted octanol–water partition coefficient (Wildman–Crippen LogP) is 3.14. The molecule has 0 spiro atoms. The van der Waals surface area contributed by atoms with Gasteiger partial charge in [0.15, 0.2) is 0 Å². The molecule has 82 valence electrons. The number of rotatable bonds is 5. The number of phenols is 1. The number of aromatic hydroxyl groups is 1. The minimum Gasteiger partial charge on any atom is -0.507 e. The Morgan fingerprint density at radius 2 is 2.20 bits per heavy atom. The first-order valence-corrected chi connectivity index (χ1v) is 5.22. The molecule has 0 bridgehead atoms. The summed E-state index contributed by atoms with van der Waals surface area (Å²) in [6.45, 7) is 2.85. The van der Waals surface area contributed by atoms with Crippen LogP contribution < -0.4 is 0 Å². The molecule has 0 saturated heterocycles. The molecule has 0 amide bonds. The molecule has 0 heterocycles. The van der Waals surface area contributed by atoms with Gasteiger partial charge in [-0.25, -0.2) is 4.39 Å². The Bertz CT molecular complexity index is 336. The molecule has 3 heteroatoms. The van der Waals surface area contributed by atoms with Gasteiger partial charge in [-0.15, -0.1) is 0 Å². The van der Waals surface area contributed by atoms with Gasteiger partial charge in [-0.2, -0.15) is 0 Å². The van der Waals surface area contributed by atoms with Gasteiger partial charge in [-0.05, 0) is 24.6 Å². The molecule has 1 rings (SSSR count). The lowest BCUT2D eigenvalue weighted by atomic mass is 10.2. The largest absolute Gasteiger partial charge is 0.507 e. The fourth-order valence-corrected chi connectivity index (χ4v) is 1.24. The van der Waals surface area contributed by atoms with Crippen LogP contribution in [0.4, 0.5) is 4.39 Å². The fourth-order valence-electron chi connectivity index (χ4n) is 1.24. The van der Waals surface area contributed by atoms with Crippen LogP contribution in [0.2, 0.25) is 0 Å². The molecular formula is C12H16FNO. The molecule has 2 nitrogen and oxygen atoms in total. The second kappa shape index (κ2) is 6.17. The Kier molecular flexibility index (Phi) is 4.81. The maximum Gasteiger partial charge on any atom is 0.124 e. The van der Waals surface area contributed by atoms with Gasteiger partial charge in [0.05, 0.1) is 0 Å². The van der Waals surface area contributed by atoms with E-state index in [4.69, 9.17) is 0 Å². The van der Waals surface area contributed by atoms with Gasteiger partial charge in [0, 0.05) is 18.3 Å². The zero-order valence-corrected chi connectivity index (χ0v) is 8.91. The fraction of sp³-hybridized carbons (Fsp3) is 0.417. The normalized spacial score (nSPS) is 11.1. The van der Waals surface area contributed by atoms with Crippen LogP contribution >= 0.6 is 0 Å². The molecular weight excluding hydrogens is 193 g/mol. The minimum absolute atomic E-state index is 0.0654. The van der Waals surface area contributed by atoms with E-state index < -0.39 is 0 Å². The third kappa shape index (κ3) is 4.11. The number of phenolic OH excluding ortho intramolecular Hbond substituents is 1. The lowest BCUT2D eigenvalue weighted by Gasteiger charge is -1.98. The van der Waals surface area contributed by atoms with Crippen LogP contribution in [0.1, 0.15) is 31.7 Å². The highest BCUT2D eigenvalue weighted by Crippen LogP contribution is 2.15. The van der Waals surface area contributed by atoms with E-state index in [9.17, 15) is 9.50 Å². The Morgan fingerprint density at radius 1 is 1.40 bits per heavy atom. The first kappa shape index (κ1) is 11.7. The van der Waals surface area contributed by atoms with E-state index >= 15 is 0 Å². The smallest absolute Gasteiger partial charge is 0.124 e. The molecule has 0 saturated carbocycles. The van der Waals surface area contributed by atoms with E-state index in [1.807, 2.05) is 0 Å². The van der Waals surface area contributed by atoms with Crippen LogP contribution in [0.5, 0.6) is 5.75 Å². The average Bonchev–Trinajstić information content (AvgIpc) is 2.23. The molecule has 0 radical (unpaired) electrons. The molecule has 0 atom stereocenters. The van der Waals surface area contributed by atoms with Crippen molar-refractivity contribution in [1.29, 1.82) is 0 Å². The van der Waals surface area contributed by atoms with Gasteiger partial charge in [0.1, 0.15) is 11.6 Å². The van der Waals surface area contributed by atoms with Crippen molar-refractivity contribution < 1.29 is 9.50 Å². The first-order valence-electron chi connectivity index (χ1n) is 5.22. The summed E-state index contributed by atoms with van der Waals surface area (Å²) in [5, 5.41) is 9.38. The van der Waals surface area contributed by atoms with Crippen LogP contribution in [0.15, 0.2) is 23.2 Å². The maximum atomic E-state index is 12.8. The molecule has 1 aromatic carbocycles. The SMILES string of the molecule is CCCCCN=Cc1cc(F)ccc1O. The van der Waals surface area contributed by atoms with Gasteiger partial charge in [-0.3, -0.25) is 4.99 Å². The zero-order chi connectivity index (χ0) is 11.1. The standard InChI is InChI=1S/C12H16FNO/c1-2-3-4-7-14-9-10-8-11(13)5-6-12(10)15/h5-6,8-9,15H,2-4,7H2,1H3. The third-order valence-electron chi connectivity index (χ3n) is 2.11. The summed E-state index contributed by atoms with van der Waals surface area (Å²) in [4.78, 5) is 4.13. The van der Waals surface area contributed by atoms with E-state index in [1.165, 1.54) is 24.4 Å². The maximum absolute atomic E-state index is 12.8. The van der Waals surface area contributed by atoms with Crippen LogP contribution in [0, 0.1) is 5.82 Å². The molecule has 0 unspecified atom stereocenters. The highest BCUT2D eigenvalue weighted by atomic mass is 19.1. The quantitative estimate of drug-likeness (QED) is 0.586. The van der Waals surface area contributed by atoms with Crippen LogP contribution in [-0.2, 0) is 0 Å². The Labute approximate surface area is 89.5 Å². The molecule has 0 aliphatic rings. The second-order valence-electron chi connectivity index (χ2n) is 3.45. The minimum atomic E-state index is -0.359. The molecule has 0 aliphatic heterocycles. The number of halogens is 1.